The number of aryl methyl sites for hydroxylation is 1. The van der Waals surface area contributed by atoms with Crippen LogP contribution in [0.3, 0.4) is 0 Å². The molecule has 2 aromatic carbocycles. The van der Waals surface area contributed by atoms with Gasteiger partial charge in [-0.05, 0) is 48.2 Å². The Balaban J connectivity index is 1.66. The van der Waals surface area contributed by atoms with Crippen molar-refractivity contribution in [2.45, 2.75) is 19.4 Å². The van der Waals surface area contributed by atoms with Crippen LogP contribution in [0.2, 0.25) is 0 Å². The number of ether oxygens (including phenoxy) is 1. The molecule has 1 aliphatic rings. The van der Waals surface area contributed by atoms with Gasteiger partial charge in [-0.25, -0.2) is 8.42 Å². The number of nitrogens with one attached hydrogen (secondary N) is 2. The maximum Gasteiger partial charge on any atom is 0.313 e. The summed E-state index contributed by atoms with van der Waals surface area (Å²) in [6.07, 6.45) is 2.65. The SMILES string of the molecule is COc1cccc(CNC(=O)C(=O)Nc2ccc3c(c2)N(S(C)(=O)=O)CCC3)c1. The van der Waals surface area contributed by atoms with Crippen LogP contribution >= 0.6 is 0 Å². The van der Waals surface area contributed by atoms with E-state index in [9.17, 15) is 18.0 Å². The highest BCUT2D eigenvalue weighted by Crippen LogP contribution is 2.31. The molecule has 2 aromatic rings. The Morgan fingerprint density at radius 2 is 1.93 bits per heavy atom. The molecule has 0 aromatic heterocycles. The molecule has 2 amide bonds. The van der Waals surface area contributed by atoms with E-state index in [0.717, 1.165) is 30.2 Å². The van der Waals surface area contributed by atoms with Gasteiger partial charge in [0.05, 0.1) is 19.1 Å². The third kappa shape index (κ3) is 5.05. The molecule has 1 aliphatic heterocycles. The van der Waals surface area contributed by atoms with Crippen molar-refractivity contribution >= 4 is 33.2 Å². The Hall–Kier alpha value is -3.07. The van der Waals surface area contributed by atoms with E-state index in [1.54, 1.807) is 43.5 Å². The number of hydrogen-bond acceptors (Lipinski definition) is 5. The number of methoxy groups -OCH3 is 1. The van der Waals surface area contributed by atoms with Gasteiger partial charge in [-0.2, -0.15) is 0 Å². The van der Waals surface area contributed by atoms with Gasteiger partial charge < -0.3 is 15.4 Å². The average Bonchev–Trinajstić information content (AvgIpc) is 2.70. The molecule has 0 saturated heterocycles. The third-order valence-corrected chi connectivity index (χ3v) is 5.79. The lowest BCUT2D eigenvalue weighted by molar-refractivity contribution is -0.136. The number of anilines is 2. The topological polar surface area (TPSA) is 105 Å². The predicted octanol–water partition coefficient (Wildman–Crippen LogP) is 1.66. The molecule has 8 nitrogen and oxygen atoms in total. The third-order valence-electron chi connectivity index (χ3n) is 4.61. The number of nitrogens with zero attached hydrogens (tertiary/aromatic N) is 1. The van der Waals surface area contributed by atoms with Crippen LogP contribution in [0.25, 0.3) is 0 Å². The lowest BCUT2D eigenvalue weighted by Gasteiger charge is -2.29. The van der Waals surface area contributed by atoms with Crippen molar-refractivity contribution in [3.8, 4) is 5.75 Å². The van der Waals surface area contributed by atoms with Gasteiger partial charge in [-0.3, -0.25) is 13.9 Å². The van der Waals surface area contributed by atoms with Crippen molar-refractivity contribution in [2.75, 3.05) is 29.5 Å². The Morgan fingerprint density at radius 1 is 1.14 bits per heavy atom. The van der Waals surface area contributed by atoms with Gasteiger partial charge >= 0.3 is 11.8 Å². The average molecular weight is 417 g/mol. The summed E-state index contributed by atoms with van der Waals surface area (Å²) in [5.41, 5.74) is 2.58. The lowest BCUT2D eigenvalue weighted by Crippen LogP contribution is -2.36. The summed E-state index contributed by atoms with van der Waals surface area (Å²) in [4.78, 5) is 24.4. The number of amides is 2. The van der Waals surface area contributed by atoms with E-state index < -0.39 is 21.8 Å². The first kappa shape index (κ1) is 20.7. The second-order valence-electron chi connectivity index (χ2n) is 6.77. The minimum Gasteiger partial charge on any atom is -0.497 e. The van der Waals surface area contributed by atoms with Crippen LogP contribution in [0.5, 0.6) is 5.75 Å². The molecule has 2 N–H and O–H groups in total. The van der Waals surface area contributed by atoms with E-state index in [4.69, 9.17) is 4.74 Å². The summed E-state index contributed by atoms with van der Waals surface area (Å²) in [5, 5.41) is 5.08. The van der Waals surface area contributed by atoms with Crippen molar-refractivity contribution in [2.24, 2.45) is 0 Å². The number of carbonyl (C=O) groups excluding carboxylic acids is 2. The van der Waals surface area contributed by atoms with Crippen LogP contribution in [0.4, 0.5) is 11.4 Å². The monoisotopic (exact) mass is 417 g/mol. The van der Waals surface area contributed by atoms with Gasteiger partial charge in [-0.15, -0.1) is 0 Å². The number of benzene rings is 2. The Kier molecular flexibility index (Phi) is 6.07. The maximum atomic E-state index is 12.2. The van der Waals surface area contributed by atoms with Crippen molar-refractivity contribution in [3.05, 3.63) is 53.6 Å². The van der Waals surface area contributed by atoms with E-state index in [0.29, 0.717) is 23.7 Å². The Bertz CT molecular complexity index is 1040. The number of sulfonamides is 1. The van der Waals surface area contributed by atoms with Gasteiger partial charge in [0, 0.05) is 18.8 Å². The molecule has 0 spiro atoms. The van der Waals surface area contributed by atoms with E-state index in [2.05, 4.69) is 10.6 Å². The molecule has 9 heteroatoms. The maximum absolute atomic E-state index is 12.2. The molecule has 0 radical (unpaired) electrons. The normalized spacial score (nSPS) is 13.4. The highest BCUT2D eigenvalue weighted by molar-refractivity contribution is 7.92. The van der Waals surface area contributed by atoms with Gasteiger partial charge in [0.1, 0.15) is 5.75 Å². The van der Waals surface area contributed by atoms with E-state index in [-0.39, 0.29) is 6.54 Å². The largest absolute Gasteiger partial charge is 0.497 e. The zero-order valence-corrected chi connectivity index (χ0v) is 17.1. The van der Waals surface area contributed by atoms with Crippen LogP contribution < -0.4 is 19.7 Å². The van der Waals surface area contributed by atoms with Crippen LogP contribution in [-0.2, 0) is 32.6 Å². The minimum atomic E-state index is -3.41. The zero-order chi connectivity index (χ0) is 21.0. The Morgan fingerprint density at radius 3 is 2.66 bits per heavy atom. The van der Waals surface area contributed by atoms with Gasteiger partial charge in [0.2, 0.25) is 10.0 Å². The van der Waals surface area contributed by atoms with Crippen LogP contribution in [0, 0.1) is 0 Å². The van der Waals surface area contributed by atoms with E-state index in [1.807, 2.05) is 6.07 Å². The molecule has 154 valence electrons. The number of hydrogen-bond donors (Lipinski definition) is 2. The second kappa shape index (κ2) is 8.52. The van der Waals surface area contributed by atoms with Crippen molar-refractivity contribution in [1.29, 1.82) is 0 Å². The van der Waals surface area contributed by atoms with Crippen molar-refractivity contribution in [1.82, 2.24) is 5.32 Å². The molecule has 0 aliphatic carbocycles. The van der Waals surface area contributed by atoms with E-state index >= 15 is 0 Å². The first-order valence-electron chi connectivity index (χ1n) is 9.10. The highest BCUT2D eigenvalue weighted by atomic mass is 32.2. The molecule has 29 heavy (non-hydrogen) atoms. The molecule has 0 unspecified atom stereocenters. The van der Waals surface area contributed by atoms with Gasteiger partial charge in [0.15, 0.2) is 0 Å². The van der Waals surface area contributed by atoms with Crippen molar-refractivity contribution in [3.63, 3.8) is 0 Å². The molecule has 0 atom stereocenters. The summed E-state index contributed by atoms with van der Waals surface area (Å²) >= 11 is 0. The molecule has 3 rings (SSSR count). The molecular weight excluding hydrogens is 394 g/mol. The summed E-state index contributed by atoms with van der Waals surface area (Å²) in [7, 11) is -1.86. The first-order chi connectivity index (χ1) is 13.8. The minimum absolute atomic E-state index is 0.176. The van der Waals surface area contributed by atoms with Crippen LogP contribution in [0.1, 0.15) is 17.5 Å². The molecule has 1 heterocycles. The van der Waals surface area contributed by atoms with Gasteiger partial charge in [-0.1, -0.05) is 18.2 Å². The number of carbonyl (C=O) groups is 2. The molecular formula is C20H23N3O5S. The molecule has 0 fully saturated rings. The predicted molar refractivity (Wildman–Crippen MR) is 110 cm³/mol. The fraction of sp³-hybridized carbons (Fsp3) is 0.300. The molecule has 0 saturated carbocycles. The fourth-order valence-electron chi connectivity index (χ4n) is 3.20. The summed E-state index contributed by atoms with van der Waals surface area (Å²) < 4.78 is 30.5. The highest BCUT2D eigenvalue weighted by Gasteiger charge is 2.24. The van der Waals surface area contributed by atoms with E-state index in [1.165, 1.54) is 4.31 Å². The van der Waals surface area contributed by atoms with Crippen molar-refractivity contribution < 1.29 is 22.7 Å². The second-order valence-corrected chi connectivity index (χ2v) is 8.68. The summed E-state index contributed by atoms with van der Waals surface area (Å²) in [6, 6.07) is 12.2. The Labute approximate surface area is 169 Å². The standard InChI is InChI=1S/C20H23N3O5S/c1-28-17-7-3-5-14(11-17)13-21-19(24)20(25)22-16-9-8-15-6-4-10-23(18(15)12-16)29(2,26)27/h3,5,7-9,11-12H,4,6,10,13H2,1-2H3,(H,21,24)(H,22,25). The van der Waals surface area contributed by atoms with Crippen LogP contribution in [-0.4, -0.2) is 40.1 Å². The van der Waals surface area contributed by atoms with Gasteiger partial charge in [0.25, 0.3) is 0 Å². The molecule has 0 bridgehead atoms. The zero-order valence-electron chi connectivity index (χ0n) is 16.3. The summed E-state index contributed by atoms with van der Waals surface area (Å²) in [6.45, 7) is 0.569. The first-order valence-corrected chi connectivity index (χ1v) is 11.0. The summed E-state index contributed by atoms with van der Waals surface area (Å²) in [5.74, 6) is -0.953. The smallest absolute Gasteiger partial charge is 0.313 e. The van der Waals surface area contributed by atoms with Crippen LogP contribution in [0.15, 0.2) is 42.5 Å². The quantitative estimate of drug-likeness (QED) is 0.720. The number of fused-ring (bicyclic) bond motifs is 1. The fourth-order valence-corrected chi connectivity index (χ4v) is 4.18. The lowest BCUT2D eigenvalue weighted by atomic mass is 10.0. The number of rotatable bonds is 5.